The second-order valence-electron chi connectivity index (χ2n) is 6.89. The van der Waals surface area contributed by atoms with Crippen molar-refractivity contribution in [3.8, 4) is 17.0 Å². The van der Waals surface area contributed by atoms with Gasteiger partial charge >= 0.3 is 0 Å². The fraction of sp³-hybridized carbons (Fsp3) is 0.125. The van der Waals surface area contributed by atoms with Crippen molar-refractivity contribution in [3.63, 3.8) is 0 Å². The lowest BCUT2D eigenvalue weighted by Gasteiger charge is -2.14. The van der Waals surface area contributed by atoms with Crippen molar-refractivity contribution in [1.82, 2.24) is 4.68 Å². The Bertz CT molecular complexity index is 1250. The Labute approximate surface area is 179 Å². The van der Waals surface area contributed by atoms with Gasteiger partial charge in [-0.05, 0) is 55.3 Å². The largest absolute Gasteiger partial charge is 0.494 e. The summed E-state index contributed by atoms with van der Waals surface area (Å²) in [6.45, 7) is 8.36. The van der Waals surface area contributed by atoms with E-state index in [0.717, 1.165) is 27.5 Å². The van der Waals surface area contributed by atoms with Gasteiger partial charge in [0.05, 0.1) is 24.8 Å². The number of furan rings is 1. The molecule has 6 heteroatoms. The first-order valence-electron chi connectivity index (χ1n) is 9.52. The van der Waals surface area contributed by atoms with Crippen LogP contribution in [0.25, 0.3) is 17.0 Å². The third-order valence-electron chi connectivity index (χ3n) is 4.88. The summed E-state index contributed by atoms with van der Waals surface area (Å²) in [5.41, 5.74) is 9.33. The van der Waals surface area contributed by atoms with E-state index in [0.29, 0.717) is 11.5 Å². The molecule has 1 N–H and O–H groups in total. The standard InChI is InChI=1S/C24H23N3O2S/c1-16-11-12-19(14-17(16)2)21-15-30-24(25-20-8-5-6-9-23(20)28-4)27(21)26-18(3)22-10-7-13-29-22/h5-15,26H,3H2,1-2,4H3. The van der Waals surface area contributed by atoms with Gasteiger partial charge in [0.2, 0.25) is 4.80 Å². The molecule has 5 nitrogen and oxygen atoms in total. The lowest BCUT2D eigenvalue weighted by atomic mass is 10.1. The predicted molar refractivity (Wildman–Crippen MR) is 123 cm³/mol. The number of rotatable bonds is 6. The van der Waals surface area contributed by atoms with Crippen LogP contribution in [0, 0.1) is 13.8 Å². The number of thiazole rings is 1. The molecule has 4 rings (SSSR count). The van der Waals surface area contributed by atoms with Gasteiger partial charge in [-0.15, -0.1) is 11.3 Å². The molecule has 30 heavy (non-hydrogen) atoms. The number of para-hydroxylation sites is 2. The summed E-state index contributed by atoms with van der Waals surface area (Å²) in [7, 11) is 1.65. The zero-order valence-corrected chi connectivity index (χ0v) is 18.0. The van der Waals surface area contributed by atoms with Gasteiger partial charge in [-0.2, -0.15) is 0 Å². The van der Waals surface area contributed by atoms with Crippen molar-refractivity contribution in [2.45, 2.75) is 13.8 Å². The molecule has 0 bridgehead atoms. The normalized spacial score (nSPS) is 11.5. The van der Waals surface area contributed by atoms with Gasteiger partial charge < -0.3 is 9.15 Å². The Morgan fingerprint density at radius 3 is 2.67 bits per heavy atom. The Morgan fingerprint density at radius 1 is 1.10 bits per heavy atom. The molecular formula is C24H23N3O2S. The molecule has 0 radical (unpaired) electrons. The highest BCUT2D eigenvalue weighted by atomic mass is 32.1. The van der Waals surface area contributed by atoms with Gasteiger partial charge in [-0.1, -0.05) is 30.8 Å². The molecule has 2 heterocycles. The summed E-state index contributed by atoms with van der Waals surface area (Å²) in [6, 6.07) is 17.8. The number of benzene rings is 2. The molecule has 152 valence electrons. The molecule has 0 atom stereocenters. The first-order chi connectivity index (χ1) is 14.6. The number of ether oxygens (including phenoxy) is 1. The number of nitrogens with one attached hydrogen (secondary N) is 1. The predicted octanol–water partition coefficient (Wildman–Crippen LogP) is 5.88. The van der Waals surface area contributed by atoms with Gasteiger partial charge in [0.15, 0.2) is 5.76 Å². The van der Waals surface area contributed by atoms with Crippen LogP contribution in [0.3, 0.4) is 0 Å². The van der Waals surface area contributed by atoms with Crippen molar-refractivity contribution in [2.24, 2.45) is 4.99 Å². The topological polar surface area (TPSA) is 51.7 Å². The van der Waals surface area contributed by atoms with Crippen molar-refractivity contribution >= 4 is 22.7 Å². The zero-order valence-electron chi connectivity index (χ0n) is 17.2. The quantitative estimate of drug-likeness (QED) is 0.426. The average molecular weight is 418 g/mol. The zero-order chi connectivity index (χ0) is 21.1. The number of aryl methyl sites for hydroxylation is 2. The summed E-state index contributed by atoms with van der Waals surface area (Å²) in [5, 5.41) is 2.08. The average Bonchev–Trinajstić information content (AvgIpc) is 3.42. The highest BCUT2D eigenvalue weighted by molar-refractivity contribution is 7.07. The van der Waals surface area contributed by atoms with E-state index in [1.165, 1.54) is 11.1 Å². The van der Waals surface area contributed by atoms with E-state index in [-0.39, 0.29) is 0 Å². The third kappa shape index (κ3) is 3.95. The van der Waals surface area contributed by atoms with Gasteiger partial charge in [0.1, 0.15) is 11.4 Å². The fourth-order valence-corrected chi connectivity index (χ4v) is 3.92. The minimum Gasteiger partial charge on any atom is -0.494 e. The maximum absolute atomic E-state index is 5.50. The van der Waals surface area contributed by atoms with E-state index in [2.05, 4.69) is 49.4 Å². The summed E-state index contributed by atoms with van der Waals surface area (Å²) in [4.78, 5) is 5.62. The molecule has 0 aliphatic carbocycles. The van der Waals surface area contributed by atoms with Gasteiger partial charge in [0, 0.05) is 10.9 Å². The Balaban J connectivity index is 1.86. The Morgan fingerprint density at radius 2 is 1.93 bits per heavy atom. The van der Waals surface area contributed by atoms with Gasteiger partial charge in [-0.25, -0.2) is 9.67 Å². The first kappa shape index (κ1) is 19.8. The van der Waals surface area contributed by atoms with Crippen molar-refractivity contribution in [2.75, 3.05) is 12.5 Å². The lowest BCUT2D eigenvalue weighted by Crippen LogP contribution is -2.25. The van der Waals surface area contributed by atoms with Crippen LogP contribution in [0.1, 0.15) is 16.9 Å². The fourth-order valence-electron chi connectivity index (χ4n) is 3.06. The highest BCUT2D eigenvalue weighted by Crippen LogP contribution is 2.27. The second kappa shape index (κ2) is 8.47. The molecule has 2 aromatic carbocycles. The van der Waals surface area contributed by atoms with Crippen LogP contribution in [0.4, 0.5) is 5.69 Å². The molecule has 0 aliphatic rings. The van der Waals surface area contributed by atoms with Gasteiger partial charge in [0.25, 0.3) is 0 Å². The van der Waals surface area contributed by atoms with Crippen LogP contribution in [0.5, 0.6) is 5.75 Å². The monoisotopic (exact) mass is 417 g/mol. The Kier molecular flexibility index (Phi) is 5.59. The van der Waals surface area contributed by atoms with Crippen LogP contribution < -0.4 is 15.0 Å². The van der Waals surface area contributed by atoms with E-state index in [1.54, 1.807) is 24.7 Å². The van der Waals surface area contributed by atoms with Crippen molar-refractivity contribution in [3.05, 3.63) is 94.5 Å². The van der Waals surface area contributed by atoms with E-state index in [4.69, 9.17) is 14.1 Å². The van der Waals surface area contributed by atoms with Crippen LogP contribution in [-0.4, -0.2) is 11.8 Å². The number of aromatic nitrogens is 1. The molecule has 2 aromatic heterocycles. The summed E-state index contributed by atoms with van der Waals surface area (Å²) >= 11 is 1.54. The molecule has 0 unspecified atom stereocenters. The van der Waals surface area contributed by atoms with Crippen LogP contribution in [-0.2, 0) is 0 Å². The summed E-state index contributed by atoms with van der Waals surface area (Å²) in [6.07, 6.45) is 1.63. The number of hydrogen-bond acceptors (Lipinski definition) is 5. The van der Waals surface area contributed by atoms with Crippen LogP contribution >= 0.6 is 11.3 Å². The van der Waals surface area contributed by atoms with Crippen LogP contribution in [0.2, 0.25) is 0 Å². The molecule has 0 spiro atoms. The van der Waals surface area contributed by atoms with Crippen molar-refractivity contribution in [1.29, 1.82) is 0 Å². The molecule has 4 aromatic rings. The number of nitrogens with zero attached hydrogens (tertiary/aromatic N) is 2. The first-order valence-corrected chi connectivity index (χ1v) is 10.4. The molecule has 0 amide bonds. The third-order valence-corrected chi connectivity index (χ3v) is 5.70. The molecule has 0 saturated heterocycles. The molecular weight excluding hydrogens is 394 g/mol. The van der Waals surface area contributed by atoms with Crippen LogP contribution in [0.15, 0.2) is 82.2 Å². The van der Waals surface area contributed by atoms with E-state index in [9.17, 15) is 0 Å². The molecule has 0 aliphatic heterocycles. The van der Waals surface area contributed by atoms with Crippen molar-refractivity contribution < 1.29 is 9.15 Å². The van der Waals surface area contributed by atoms with E-state index >= 15 is 0 Å². The minimum absolute atomic E-state index is 0.643. The smallest absolute Gasteiger partial charge is 0.209 e. The number of hydrogen-bond donors (Lipinski definition) is 1. The highest BCUT2D eigenvalue weighted by Gasteiger charge is 2.12. The molecule has 0 saturated carbocycles. The maximum Gasteiger partial charge on any atom is 0.209 e. The minimum atomic E-state index is 0.643. The Hall–Kier alpha value is -3.51. The maximum atomic E-state index is 5.50. The van der Waals surface area contributed by atoms with E-state index in [1.807, 2.05) is 41.1 Å². The second-order valence-corrected chi connectivity index (χ2v) is 7.73. The SMILES string of the molecule is C=C(Nn1c(-c2ccc(C)c(C)c2)csc1=Nc1ccccc1OC)c1ccco1. The van der Waals surface area contributed by atoms with E-state index < -0.39 is 0 Å². The lowest BCUT2D eigenvalue weighted by molar-refractivity contribution is 0.416. The summed E-state index contributed by atoms with van der Waals surface area (Å²) < 4.78 is 12.9. The molecule has 0 fully saturated rings. The summed E-state index contributed by atoms with van der Waals surface area (Å²) in [5.74, 6) is 1.39. The van der Waals surface area contributed by atoms with Gasteiger partial charge in [-0.3, -0.25) is 5.43 Å². The number of methoxy groups -OCH3 is 1.